The number of hydrogen-bond acceptors (Lipinski definition) is 8. The minimum Gasteiger partial charge on any atom is -0.497 e. The molecule has 9 heteroatoms. The average Bonchev–Trinajstić information content (AvgIpc) is 3.36. The maximum Gasteiger partial charge on any atom is 0.416 e. The van der Waals surface area contributed by atoms with Crippen LogP contribution in [0, 0.1) is 6.92 Å². The molecule has 0 saturated heterocycles. The van der Waals surface area contributed by atoms with Gasteiger partial charge in [-0.15, -0.1) is 0 Å². The van der Waals surface area contributed by atoms with Crippen LogP contribution in [-0.2, 0) is 16.0 Å². The summed E-state index contributed by atoms with van der Waals surface area (Å²) in [7, 11) is 2.82. The lowest BCUT2D eigenvalue weighted by Gasteiger charge is -2.27. The van der Waals surface area contributed by atoms with E-state index < -0.39 is 18.1 Å². The average molecular weight is 545 g/mol. The van der Waals surface area contributed by atoms with Crippen LogP contribution in [-0.4, -0.2) is 49.3 Å². The molecule has 4 aromatic rings. The van der Waals surface area contributed by atoms with Crippen molar-refractivity contribution >= 4 is 12.1 Å². The van der Waals surface area contributed by atoms with E-state index in [0.717, 1.165) is 22.6 Å². The zero-order valence-corrected chi connectivity index (χ0v) is 23.0. The molecule has 0 N–H and O–H groups in total. The van der Waals surface area contributed by atoms with Crippen LogP contribution in [0.1, 0.15) is 30.0 Å². The Morgan fingerprint density at radius 1 is 0.900 bits per heavy atom. The molecule has 0 bridgehead atoms. The normalized spacial score (nSPS) is 11.4. The monoisotopic (exact) mass is 544 g/mol. The summed E-state index contributed by atoms with van der Waals surface area (Å²) in [6, 6.07) is 23.2. The molecule has 40 heavy (non-hydrogen) atoms. The summed E-state index contributed by atoms with van der Waals surface area (Å²) in [6.45, 7) is 3.85. The fourth-order valence-corrected chi connectivity index (χ4v) is 4.02. The molecular formula is C31H32N2O7. The molecular weight excluding hydrogens is 512 g/mol. The zero-order valence-electron chi connectivity index (χ0n) is 23.0. The lowest BCUT2D eigenvalue weighted by Crippen LogP contribution is -2.40. The van der Waals surface area contributed by atoms with Gasteiger partial charge in [-0.1, -0.05) is 30.3 Å². The topological polar surface area (TPSA) is 100 Å². The maximum absolute atomic E-state index is 13.0. The van der Waals surface area contributed by atoms with Gasteiger partial charge in [0, 0.05) is 12.0 Å². The third kappa shape index (κ3) is 7.19. The first-order valence-corrected chi connectivity index (χ1v) is 12.8. The van der Waals surface area contributed by atoms with Crippen LogP contribution < -0.4 is 14.2 Å². The Balaban J connectivity index is 1.37. The van der Waals surface area contributed by atoms with Crippen molar-refractivity contribution in [1.29, 1.82) is 0 Å². The van der Waals surface area contributed by atoms with Crippen molar-refractivity contribution in [3.63, 3.8) is 0 Å². The van der Waals surface area contributed by atoms with E-state index in [1.54, 1.807) is 31.4 Å². The van der Waals surface area contributed by atoms with Crippen molar-refractivity contribution in [3.05, 3.63) is 95.9 Å². The molecule has 0 aliphatic carbocycles. The van der Waals surface area contributed by atoms with E-state index >= 15 is 0 Å². The second-order valence-electron chi connectivity index (χ2n) is 8.98. The van der Waals surface area contributed by atoms with Gasteiger partial charge in [0.2, 0.25) is 5.89 Å². The van der Waals surface area contributed by atoms with Crippen molar-refractivity contribution in [3.8, 4) is 28.7 Å². The predicted octanol–water partition coefficient (Wildman–Crippen LogP) is 6.02. The quantitative estimate of drug-likeness (QED) is 0.212. The van der Waals surface area contributed by atoms with E-state index in [9.17, 15) is 9.59 Å². The highest BCUT2D eigenvalue weighted by atomic mass is 16.6. The molecule has 4 rings (SSSR count). The van der Waals surface area contributed by atoms with Crippen LogP contribution >= 0.6 is 0 Å². The van der Waals surface area contributed by atoms with Crippen molar-refractivity contribution in [2.45, 2.75) is 26.3 Å². The summed E-state index contributed by atoms with van der Waals surface area (Å²) in [5.41, 5.74) is 2.57. The lowest BCUT2D eigenvalue weighted by atomic mass is 10.1. The Kier molecular flexibility index (Phi) is 9.40. The Bertz CT molecular complexity index is 1400. The number of ether oxygens (including phenoxy) is 4. The van der Waals surface area contributed by atoms with Crippen LogP contribution in [0.15, 0.2) is 83.3 Å². The molecule has 208 valence electrons. The third-order valence-electron chi connectivity index (χ3n) is 6.38. The molecule has 1 aromatic heterocycles. The molecule has 0 aliphatic heterocycles. The van der Waals surface area contributed by atoms with Gasteiger partial charge in [-0.25, -0.2) is 9.78 Å². The van der Waals surface area contributed by atoms with Gasteiger partial charge in [-0.05, 0) is 67.9 Å². The number of carbonyl (C=O) groups excluding carboxylic acids is 2. The summed E-state index contributed by atoms with van der Waals surface area (Å²) in [5, 5.41) is 0. The summed E-state index contributed by atoms with van der Waals surface area (Å²) < 4.78 is 27.2. The molecule has 0 radical (unpaired) electrons. The number of benzene rings is 3. The number of rotatable bonds is 11. The van der Waals surface area contributed by atoms with Crippen molar-refractivity contribution < 1.29 is 33.0 Å². The smallest absolute Gasteiger partial charge is 0.416 e. The first-order chi connectivity index (χ1) is 19.4. The second-order valence-corrected chi connectivity index (χ2v) is 8.98. The number of carbonyl (C=O) groups is 2. The Labute approximate surface area is 233 Å². The number of aromatic nitrogens is 1. The Morgan fingerprint density at radius 2 is 1.55 bits per heavy atom. The number of hydrogen-bond donors (Lipinski definition) is 0. The first kappa shape index (κ1) is 28.2. The lowest BCUT2D eigenvalue weighted by molar-refractivity contribution is -0.141. The molecule has 1 heterocycles. The number of nitrogens with zero attached hydrogens (tertiary/aromatic N) is 2. The minimum absolute atomic E-state index is 0.271. The fraction of sp³-hybridized carbons (Fsp3) is 0.258. The number of esters is 1. The number of methoxy groups -OCH3 is 2. The number of oxazole rings is 1. The highest BCUT2D eigenvalue weighted by molar-refractivity contribution is 5.79. The summed E-state index contributed by atoms with van der Waals surface area (Å²) in [6.07, 6.45) is -0.0917. The molecule has 9 nitrogen and oxygen atoms in total. The highest BCUT2D eigenvalue weighted by Gasteiger charge is 2.26. The van der Waals surface area contributed by atoms with E-state index in [4.69, 9.17) is 23.4 Å². The molecule has 3 aromatic carbocycles. The highest BCUT2D eigenvalue weighted by Crippen LogP contribution is 2.26. The Morgan fingerprint density at radius 3 is 2.20 bits per heavy atom. The number of aryl methyl sites for hydroxylation is 1. The summed E-state index contributed by atoms with van der Waals surface area (Å²) in [4.78, 5) is 31.0. The first-order valence-electron chi connectivity index (χ1n) is 12.8. The third-order valence-corrected chi connectivity index (χ3v) is 6.38. The number of amides is 1. The predicted molar refractivity (Wildman–Crippen MR) is 148 cm³/mol. The standard InChI is InChI=1S/C31H32N2O7/c1-21(33(20-29(34)37-4)31(35)40-27-16-14-25(36-3)15-17-27)23-10-12-26(13-11-23)38-19-18-28-22(2)39-30(32-28)24-8-6-5-7-9-24/h5-17,21H,18-20H2,1-4H3. The van der Waals surface area contributed by atoms with Crippen LogP contribution in [0.5, 0.6) is 17.2 Å². The van der Waals surface area contributed by atoms with Crippen molar-refractivity contribution in [2.24, 2.45) is 0 Å². The molecule has 0 spiro atoms. The largest absolute Gasteiger partial charge is 0.497 e. The SMILES string of the molecule is COC(=O)CN(C(=O)Oc1ccc(OC)cc1)C(C)c1ccc(OCCc2nc(-c3ccccc3)oc2C)cc1. The van der Waals surface area contributed by atoms with E-state index in [1.165, 1.54) is 12.0 Å². The van der Waals surface area contributed by atoms with Gasteiger partial charge in [0.05, 0.1) is 32.6 Å². The van der Waals surface area contributed by atoms with Gasteiger partial charge in [0.25, 0.3) is 0 Å². The van der Waals surface area contributed by atoms with Crippen LogP contribution in [0.4, 0.5) is 4.79 Å². The van der Waals surface area contributed by atoms with Crippen molar-refractivity contribution in [1.82, 2.24) is 9.88 Å². The molecule has 0 fully saturated rings. The van der Waals surface area contributed by atoms with Crippen LogP contribution in [0.3, 0.4) is 0 Å². The van der Waals surface area contributed by atoms with Gasteiger partial charge >= 0.3 is 12.1 Å². The summed E-state index contributed by atoms with van der Waals surface area (Å²) >= 11 is 0. The fourth-order valence-electron chi connectivity index (χ4n) is 4.02. The van der Waals surface area contributed by atoms with Crippen molar-refractivity contribution in [2.75, 3.05) is 27.4 Å². The van der Waals surface area contributed by atoms with Gasteiger partial charge in [-0.3, -0.25) is 9.69 Å². The van der Waals surface area contributed by atoms with Gasteiger partial charge in [0.15, 0.2) is 0 Å². The molecule has 1 amide bonds. The van der Waals surface area contributed by atoms with Gasteiger partial charge in [-0.2, -0.15) is 0 Å². The molecule has 1 unspecified atom stereocenters. The summed E-state index contributed by atoms with van der Waals surface area (Å²) in [5.74, 6) is 2.43. The van der Waals surface area contributed by atoms with Crippen LogP contribution in [0.2, 0.25) is 0 Å². The van der Waals surface area contributed by atoms with Crippen LogP contribution in [0.25, 0.3) is 11.5 Å². The van der Waals surface area contributed by atoms with Gasteiger partial charge in [0.1, 0.15) is 29.6 Å². The molecule has 1 atom stereocenters. The molecule has 0 aliphatic rings. The van der Waals surface area contributed by atoms with E-state index in [0.29, 0.717) is 36.2 Å². The minimum atomic E-state index is -0.679. The molecule has 0 saturated carbocycles. The Hall–Kier alpha value is -4.79. The van der Waals surface area contributed by atoms with E-state index in [-0.39, 0.29) is 6.54 Å². The second kappa shape index (κ2) is 13.3. The van der Waals surface area contributed by atoms with E-state index in [1.807, 2.05) is 68.4 Å². The maximum atomic E-state index is 13.0. The zero-order chi connectivity index (χ0) is 28.5. The van der Waals surface area contributed by atoms with Gasteiger partial charge < -0.3 is 23.4 Å². The van der Waals surface area contributed by atoms with E-state index in [2.05, 4.69) is 4.98 Å².